The summed E-state index contributed by atoms with van der Waals surface area (Å²) < 4.78 is 28.0. The van der Waals surface area contributed by atoms with Crippen LogP contribution in [0.25, 0.3) is 0 Å². The standard InChI is InChI=1S/C10H20N4O2S/c1-4-14-5-9(12-8-14)17(15,16)13-7-10(2,3)6-11/h5,8,13H,4,6-7,11H2,1-3H3. The van der Waals surface area contributed by atoms with Crippen LogP contribution in [0.2, 0.25) is 0 Å². The normalized spacial score (nSPS) is 12.9. The second kappa shape index (κ2) is 5.16. The third-order valence-electron chi connectivity index (χ3n) is 2.54. The van der Waals surface area contributed by atoms with Crippen molar-refractivity contribution in [3.8, 4) is 0 Å². The second-order valence-corrected chi connectivity index (χ2v) is 6.45. The highest BCUT2D eigenvalue weighted by Gasteiger charge is 2.22. The zero-order valence-electron chi connectivity index (χ0n) is 10.5. The summed E-state index contributed by atoms with van der Waals surface area (Å²) in [5.41, 5.74) is 5.28. The third-order valence-corrected chi connectivity index (χ3v) is 3.83. The van der Waals surface area contributed by atoms with Gasteiger partial charge in [0.25, 0.3) is 10.0 Å². The Balaban J connectivity index is 2.76. The number of aromatic nitrogens is 2. The van der Waals surface area contributed by atoms with E-state index in [1.165, 1.54) is 12.5 Å². The summed E-state index contributed by atoms with van der Waals surface area (Å²) in [5, 5.41) is 0.0483. The first-order valence-corrected chi connectivity index (χ1v) is 7.00. The topological polar surface area (TPSA) is 90.0 Å². The molecule has 0 aromatic carbocycles. The predicted molar refractivity (Wildman–Crippen MR) is 65.9 cm³/mol. The summed E-state index contributed by atoms with van der Waals surface area (Å²) in [7, 11) is -3.53. The van der Waals surface area contributed by atoms with E-state index < -0.39 is 10.0 Å². The van der Waals surface area contributed by atoms with Crippen molar-refractivity contribution in [1.29, 1.82) is 0 Å². The fourth-order valence-corrected chi connectivity index (χ4v) is 2.28. The van der Waals surface area contributed by atoms with Crippen molar-refractivity contribution < 1.29 is 8.42 Å². The van der Waals surface area contributed by atoms with Crippen LogP contribution in [0.1, 0.15) is 20.8 Å². The van der Waals surface area contributed by atoms with Gasteiger partial charge in [0.1, 0.15) is 0 Å². The molecule has 0 saturated carbocycles. The van der Waals surface area contributed by atoms with Gasteiger partial charge in [-0.05, 0) is 18.9 Å². The minimum Gasteiger partial charge on any atom is -0.336 e. The van der Waals surface area contributed by atoms with E-state index in [1.807, 2.05) is 20.8 Å². The van der Waals surface area contributed by atoms with Gasteiger partial charge in [0.2, 0.25) is 0 Å². The van der Waals surface area contributed by atoms with E-state index in [0.717, 1.165) is 0 Å². The molecule has 0 aliphatic heterocycles. The first-order chi connectivity index (χ1) is 7.80. The molecule has 0 amide bonds. The number of rotatable bonds is 6. The Bertz CT molecular complexity index is 464. The van der Waals surface area contributed by atoms with Gasteiger partial charge in [-0.25, -0.2) is 18.1 Å². The molecular formula is C10H20N4O2S. The molecule has 0 saturated heterocycles. The molecule has 0 spiro atoms. The van der Waals surface area contributed by atoms with Gasteiger partial charge in [0.05, 0.1) is 6.33 Å². The maximum absolute atomic E-state index is 11.9. The van der Waals surface area contributed by atoms with Gasteiger partial charge in [0.15, 0.2) is 5.03 Å². The van der Waals surface area contributed by atoms with Gasteiger partial charge < -0.3 is 10.3 Å². The van der Waals surface area contributed by atoms with Crippen molar-refractivity contribution in [2.24, 2.45) is 11.1 Å². The molecule has 1 aromatic heterocycles. The number of nitrogens with zero attached hydrogens (tertiary/aromatic N) is 2. The van der Waals surface area contributed by atoms with Crippen LogP contribution in [0, 0.1) is 5.41 Å². The molecule has 7 heteroatoms. The lowest BCUT2D eigenvalue weighted by molar-refractivity contribution is 0.376. The van der Waals surface area contributed by atoms with Crippen LogP contribution >= 0.6 is 0 Å². The van der Waals surface area contributed by atoms with Crippen LogP contribution in [-0.4, -0.2) is 31.1 Å². The number of sulfonamides is 1. The van der Waals surface area contributed by atoms with Crippen LogP contribution in [0.15, 0.2) is 17.6 Å². The molecule has 17 heavy (non-hydrogen) atoms. The van der Waals surface area contributed by atoms with Crippen molar-refractivity contribution in [1.82, 2.24) is 14.3 Å². The van der Waals surface area contributed by atoms with Crippen LogP contribution in [0.4, 0.5) is 0 Å². The highest BCUT2D eigenvalue weighted by atomic mass is 32.2. The molecule has 98 valence electrons. The largest absolute Gasteiger partial charge is 0.336 e. The van der Waals surface area contributed by atoms with Crippen LogP contribution in [0.5, 0.6) is 0 Å². The average Bonchev–Trinajstić information content (AvgIpc) is 2.76. The molecule has 0 atom stereocenters. The highest BCUT2D eigenvalue weighted by molar-refractivity contribution is 7.89. The van der Waals surface area contributed by atoms with Crippen molar-refractivity contribution in [2.75, 3.05) is 13.1 Å². The zero-order valence-corrected chi connectivity index (χ0v) is 11.3. The highest BCUT2D eigenvalue weighted by Crippen LogP contribution is 2.12. The number of hydrogen-bond acceptors (Lipinski definition) is 4. The fraction of sp³-hybridized carbons (Fsp3) is 0.700. The summed E-state index contributed by atoms with van der Waals surface area (Å²) in [6.07, 6.45) is 3.01. The Labute approximate surface area is 102 Å². The van der Waals surface area contributed by atoms with Crippen molar-refractivity contribution in [2.45, 2.75) is 32.3 Å². The molecule has 1 rings (SSSR count). The summed E-state index contributed by atoms with van der Waals surface area (Å²) in [6, 6.07) is 0. The van der Waals surface area contributed by atoms with E-state index in [2.05, 4.69) is 9.71 Å². The Kier molecular flexibility index (Phi) is 4.29. The Morgan fingerprint density at radius 2 is 2.18 bits per heavy atom. The second-order valence-electron chi connectivity index (χ2n) is 4.74. The van der Waals surface area contributed by atoms with E-state index in [9.17, 15) is 8.42 Å². The van der Waals surface area contributed by atoms with E-state index in [1.54, 1.807) is 4.57 Å². The van der Waals surface area contributed by atoms with Crippen molar-refractivity contribution in [3.63, 3.8) is 0 Å². The molecule has 1 aromatic rings. The van der Waals surface area contributed by atoms with E-state index in [4.69, 9.17) is 5.73 Å². The van der Waals surface area contributed by atoms with Gasteiger partial charge in [0, 0.05) is 19.3 Å². The van der Waals surface area contributed by atoms with Crippen LogP contribution < -0.4 is 10.5 Å². The van der Waals surface area contributed by atoms with E-state index >= 15 is 0 Å². The molecular weight excluding hydrogens is 240 g/mol. The minimum absolute atomic E-state index is 0.0483. The lowest BCUT2D eigenvalue weighted by Gasteiger charge is -2.22. The summed E-state index contributed by atoms with van der Waals surface area (Å²) in [5.74, 6) is 0. The molecule has 6 nitrogen and oxygen atoms in total. The SMILES string of the molecule is CCn1cnc(S(=O)(=O)NCC(C)(C)CN)c1. The first-order valence-electron chi connectivity index (χ1n) is 5.52. The van der Waals surface area contributed by atoms with Crippen LogP contribution in [0.3, 0.4) is 0 Å². The van der Waals surface area contributed by atoms with Crippen molar-refractivity contribution in [3.05, 3.63) is 12.5 Å². The maximum atomic E-state index is 11.9. The minimum atomic E-state index is -3.53. The Hall–Kier alpha value is -0.920. The molecule has 0 bridgehead atoms. The fourth-order valence-electron chi connectivity index (χ4n) is 1.09. The molecule has 0 fully saturated rings. The number of imidazole rings is 1. The molecule has 0 aliphatic rings. The zero-order chi connectivity index (χ0) is 13.1. The predicted octanol–water partition coefficient (Wildman–Crippen LogP) is 0.166. The van der Waals surface area contributed by atoms with Gasteiger partial charge in [-0.1, -0.05) is 13.8 Å². The van der Waals surface area contributed by atoms with Gasteiger partial charge >= 0.3 is 0 Å². The molecule has 3 N–H and O–H groups in total. The Morgan fingerprint density at radius 1 is 1.53 bits per heavy atom. The molecule has 0 unspecified atom stereocenters. The van der Waals surface area contributed by atoms with Gasteiger partial charge in [-0.15, -0.1) is 0 Å². The summed E-state index contributed by atoms with van der Waals surface area (Å²) in [4.78, 5) is 3.87. The number of nitrogens with one attached hydrogen (secondary N) is 1. The number of hydrogen-bond donors (Lipinski definition) is 2. The van der Waals surface area contributed by atoms with E-state index in [-0.39, 0.29) is 10.4 Å². The number of nitrogens with two attached hydrogens (primary N) is 1. The number of aryl methyl sites for hydroxylation is 1. The summed E-state index contributed by atoms with van der Waals surface area (Å²) >= 11 is 0. The van der Waals surface area contributed by atoms with Gasteiger partial charge in [-0.2, -0.15) is 0 Å². The van der Waals surface area contributed by atoms with Crippen molar-refractivity contribution >= 4 is 10.0 Å². The van der Waals surface area contributed by atoms with Gasteiger partial charge in [-0.3, -0.25) is 0 Å². The monoisotopic (exact) mass is 260 g/mol. The molecule has 1 heterocycles. The lowest BCUT2D eigenvalue weighted by Crippen LogP contribution is -2.38. The smallest absolute Gasteiger partial charge is 0.259 e. The molecule has 0 radical (unpaired) electrons. The summed E-state index contributed by atoms with van der Waals surface area (Å²) in [6.45, 7) is 7.13. The maximum Gasteiger partial charge on any atom is 0.259 e. The third kappa shape index (κ3) is 3.79. The molecule has 0 aliphatic carbocycles. The van der Waals surface area contributed by atoms with E-state index in [0.29, 0.717) is 19.6 Å². The average molecular weight is 260 g/mol. The lowest BCUT2D eigenvalue weighted by atomic mass is 9.95. The van der Waals surface area contributed by atoms with Crippen LogP contribution in [-0.2, 0) is 16.6 Å². The first kappa shape index (κ1) is 14.1. The Morgan fingerprint density at radius 3 is 2.65 bits per heavy atom. The quantitative estimate of drug-likeness (QED) is 0.762.